The predicted octanol–water partition coefficient (Wildman–Crippen LogP) is 2.82. The zero-order valence-corrected chi connectivity index (χ0v) is 16.8. The lowest BCUT2D eigenvalue weighted by molar-refractivity contribution is -0.224. The molecule has 1 aromatic carbocycles. The highest BCUT2D eigenvalue weighted by atomic mass is 16.7. The minimum atomic E-state index is -0.820. The number of hydrogen-bond acceptors (Lipinski definition) is 6. The van der Waals surface area contributed by atoms with E-state index in [9.17, 15) is 0 Å². The van der Waals surface area contributed by atoms with E-state index in [2.05, 4.69) is 35.2 Å². The van der Waals surface area contributed by atoms with Gasteiger partial charge in [-0.3, -0.25) is 0 Å². The van der Waals surface area contributed by atoms with Crippen LogP contribution in [0.3, 0.4) is 0 Å². The molecule has 2 aromatic rings. The highest BCUT2D eigenvalue weighted by molar-refractivity contribution is 5.79. The van der Waals surface area contributed by atoms with Gasteiger partial charge >= 0.3 is 0 Å². The zero-order valence-electron chi connectivity index (χ0n) is 16.8. The van der Waals surface area contributed by atoms with E-state index in [1.807, 2.05) is 14.0 Å². The molecule has 0 radical (unpaired) electrons. The van der Waals surface area contributed by atoms with Crippen LogP contribution in [0.1, 0.15) is 53.0 Å². The highest BCUT2D eigenvalue weighted by Crippen LogP contribution is 2.61. The third kappa shape index (κ3) is 2.34. The van der Waals surface area contributed by atoms with E-state index >= 15 is 0 Å². The quantitative estimate of drug-likeness (QED) is 0.703. The number of aliphatic imine (C=N–C) groups is 1. The molecule has 6 nitrogen and oxygen atoms in total. The summed E-state index contributed by atoms with van der Waals surface area (Å²) >= 11 is 0. The van der Waals surface area contributed by atoms with E-state index in [-0.39, 0.29) is 5.41 Å². The highest BCUT2D eigenvalue weighted by Gasteiger charge is 2.63. The van der Waals surface area contributed by atoms with E-state index < -0.39 is 5.72 Å². The monoisotopic (exact) mass is 388 g/mol. The van der Waals surface area contributed by atoms with Crippen molar-refractivity contribution in [3.8, 4) is 11.8 Å². The number of aryl methyl sites for hydroxylation is 2. The predicted molar refractivity (Wildman–Crippen MR) is 108 cm³/mol. The van der Waals surface area contributed by atoms with Crippen molar-refractivity contribution in [3.63, 3.8) is 0 Å². The Bertz CT molecular complexity index is 1120. The van der Waals surface area contributed by atoms with Gasteiger partial charge in [0.15, 0.2) is 0 Å². The van der Waals surface area contributed by atoms with Gasteiger partial charge in [0.05, 0.1) is 5.69 Å². The fourth-order valence-corrected chi connectivity index (χ4v) is 5.21. The molecule has 6 heteroatoms. The Morgan fingerprint density at radius 2 is 2.14 bits per heavy atom. The first-order valence-corrected chi connectivity index (χ1v) is 10.4. The molecule has 2 N–H and O–H groups in total. The number of nitrogens with two attached hydrogens (primary N) is 1. The summed E-state index contributed by atoms with van der Waals surface area (Å²) in [5.74, 6) is 8.60. The van der Waals surface area contributed by atoms with Crippen LogP contribution in [0, 0.1) is 30.1 Å². The van der Waals surface area contributed by atoms with Crippen molar-refractivity contribution in [2.24, 2.45) is 22.1 Å². The molecule has 1 saturated carbocycles. The fraction of sp³-hybridized carbons (Fsp3) is 0.478. The van der Waals surface area contributed by atoms with Gasteiger partial charge in [0, 0.05) is 35.1 Å². The molecule has 29 heavy (non-hydrogen) atoms. The lowest BCUT2D eigenvalue weighted by Crippen LogP contribution is -2.47. The summed E-state index contributed by atoms with van der Waals surface area (Å²) in [7, 11) is 1.83. The van der Waals surface area contributed by atoms with Gasteiger partial charge in [-0.1, -0.05) is 23.1 Å². The summed E-state index contributed by atoms with van der Waals surface area (Å²) < 4.78 is 5.49. The number of rotatable bonds is 0. The van der Waals surface area contributed by atoms with Gasteiger partial charge in [-0.2, -0.15) is 0 Å². The van der Waals surface area contributed by atoms with Crippen LogP contribution < -0.4 is 5.73 Å². The van der Waals surface area contributed by atoms with E-state index in [0.29, 0.717) is 11.9 Å². The second-order valence-electron chi connectivity index (χ2n) is 8.92. The third-order valence-corrected chi connectivity index (χ3v) is 7.01. The first kappa shape index (κ1) is 17.1. The average molecular weight is 388 g/mol. The van der Waals surface area contributed by atoms with Gasteiger partial charge in [0.25, 0.3) is 0 Å². The fourth-order valence-electron chi connectivity index (χ4n) is 5.21. The normalized spacial score (nSPS) is 29.6. The van der Waals surface area contributed by atoms with Crippen LogP contribution in [0.2, 0.25) is 0 Å². The maximum Gasteiger partial charge on any atom is 0.221 e. The molecule has 3 aliphatic carbocycles. The minimum absolute atomic E-state index is 0.212. The zero-order chi connectivity index (χ0) is 19.8. The largest absolute Gasteiger partial charge is 0.368 e. The van der Waals surface area contributed by atoms with Crippen molar-refractivity contribution in [2.45, 2.75) is 51.2 Å². The summed E-state index contributed by atoms with van der Waals surface area (Å²) in [6, 6.07) is 6.50. The number of hydrogen-bond donors (Lipinski definition) is 1. The molecular weight excluding hydrogens is 364 g/mol. The number of benzene rings is 1. The minimum Gasteiger partial charge on any atom is -0.368 e. The maximum atomic E-state index is 6.47. The molecule has 2 atom stereocenters. The molecule has 2 heterocycles. The van der Waals surface area contributed by atoms with Crippen LogP contribution >= 0.6 is 0 Å². The molecular formula is C23H24N4O2. The number of fused-ring (bicyclic) bond motifs is 4. The Labute approximate surface area is 170 Å². The van der Waals surface area contributed by atoms with Crippen molar-refractivity contribution in [1.29, 1.82) is 0 Å². The summed E-state index contributed by atoms with van der Waals surface area (Å²) in [6.45, 7) is 1.99. The van der Waals surface area contributed by atoms with E-state index in [1.165, 1.54) is 24.0 Å². The second-order valence-corrected chi connectivity index (χ2v) is 8.92. The summed E-state index contributed by atoms with van der Waals surface area (Å²) in [5, 5.41) is 5.87. The van der Waals surface area contributed by atoms with Crippen LogP contribution in [0.4, 0.5) is 0 Å². The average Bonchev–Trinajstić information content (AvgIpc) is 3.35. The molecule has 0 bridgehead atoms. The van der Waals surface area contributed by atoms with Crippen LogP contribution in [-0.4, -0.2) is 23.2 Å². The maximum absolute atomic E-state index is 6.47. The first-order chi connectivity index (χ1) is 14.0. The van der Waals surface area contributed by atoms with Crippen molar-refractivity contribution >= 4 is 5.96 Å². The molecule has 0 saturated heterocycles. The summed E-state index contributed by atoms with van der Waals surface area (Å²) in [4.78, 5) is 11.4. The van der Waals surface area contributed by atoms with Crippen molar-refractivity contribution in [3.05, 3.63) is 51.9 Å². The number of aromatic nitrogens is 1. The lowest BCUT2D eigenvalue weighted by Gasteiger charge is -2.42. The second kappa shape index (κ2) is 5.64. The van der Waals surface area contributed by atoms with Gasteiger partial charge in [0.2, 0.25) is 11.7 Å². The Hall–Kier alpha value is -2.78. The number of nitrogens with zero attached hydrogens (tertiary/aromatic N) is 3. The molecule has 1 fully saturated rings. The van der Waals surface area contributed by atoms with E-state index in [0.717, 1.165) is 48.3 Å². The molecule has 0 amide bonds. The molecule has 2 unspecified atom stereocenters. The number of guanidine groups is 1. The van der Waals surface area contributed by atoms with Crippen LogP contribution in [-0.2, 0) is 29.8 Å². The summed E-state index contributed by atoms with van der Waals surface area (Å²) in [6.07, 6.45) is 5.95. The van der Waals surface area contributed by atoms with Crippen LogP contribution in [0.5, 0.6) is 0 Å². The van der Waals surface area contributed by atoms with Crippen LogP contribution in [0.25, 0.3) is 0 Å². The van der Waals surface area contributed by atoms with Crippen molar-refractivity contribution in [2.75, 3.05) is 7.05 Å². The van der Waals surface area contributed by atoms with Gasteiger partial charge in [-0.25, -0.2) is 14.9 Å². The Morgan fingerprint density at radius 1 is 1.28 bits per heavy atom. The van der Waals surface area contributed by atoms with Crippen molar-refractivity contribution < 1.29 is 9.36 Å². The molecule has 4 aliphatic rings. The van der Waals surface area contributed by atoms with E-state index in [1.54, 1.807) is 5.06 Å². The Balaban J connectivity index is 1.50. The van der Waals surface area contributed by atoms with Gasteiger partial charge in [-0.15, -0.1) is 0 Å². The lowest BCUT2D eigenvalue weighted by atomic mass is 9.66. The third-order valence-electron chi connectivity index (χ3n) is 7.01. The summed E-state index contributed by atoms with van der Waals surface area (Å²) in [5.41, 5.74) is 10.9. The molecule has 1 aromatic heterocycles. The SMILES string of the molecule is Cc1onc2c1CC1(CC2)Cc2ccc(C#CC3CC3)cc2C12N=C(N)N(C)O2. The van der Waals surface area contributed by atoms with Gasteiger partial charge in [-0.05, 0) is 63.1 Å². The Morgan fingerprint density at radius 3 is 2.90 bits per heavy atom. The Kier molecular flexibility index (Phi) is 3.33. The van der Waals surface area contributed by atoms with Gasteiger partial charge < -0.3 is 10.3 Å². The van der Waals surface area contributed by atoms with Crippen molar-refractivity contribution in [1.82, 2.24) is 10.2 Å². The molecule has 6 rings (SSSR count). The van der Waals surface area contributed by atoms with Crippen LogP contribution in [0.15, 0.2) is 27.7 Å². The topological polar surface area (TPSA) is 76.9 Å². The van der Waals surface area contributed by atoms with Gasteiger partial charge in [0.1, 0.15) is 5.76 Å². The first-order valence-electron chi connectivity index (χ1n) is 10.4. The standard InChI is InChI=1S/C23H24N4O2/c1-14-18-13-22(10-9-20(18)26-28-14)12-17-8-7-16(6-5-15-3-4-15)11-19(17)23(22)25-21(24)27(2)29-23/h7-8,11,15H,3-4,9-10,12-13H2,1-2H3,(H2,24,25). The molecule has 1 aliphatic heterocycles. The number of hydroxylamine groups is 2. The molecule has 148 valence electrons. The smallest absolute Gasteiger partial charge is 0.221 e. The molecule has 2 spiro atoms. The van der Waals surface area contributed by atoms with E-state index in [4.69, 9.17) is 20.1 Å².